The number of carbonyl (C=O) groups is 1. The average molecular weight is 312 g/mol. The second-order valence-corrected chi connectivity index (χ2v) is 5.67. The molecule has 2 unspecified atom stereocenters. The van der Waals surface area contributed by atoms with Gasteiger partial charge in [-0.25, -0.2) is 4.79 Å². The predicted octanol–water partition coefficient (Wildman–Crippen LogP) is 3.64. The van der Waals surface area contributed by atoms with Gasteiger partial charge < -0.3 is 14.8 Å². The van der Waals surface area contributed by atoms with Gasteiger partial charge in [-0.05, 0) is 25.5 Å². The maximum Gasteiger partial charge on any atom is 0.331 e. The molecular weight excluding hydrogens is 290 g/mol. The van der Waals surface area contributed by atoms with Crippen molar-refractivity contribution in [3.63, 3.8) is 0 Å². The molecule has 1 aromatic rings. The van der Waals surface area contributed by atoms with Crippen LogP contribution in [0.15, 0.2) is 24.3 Å². The Kier molecular flexibility index (Phi) is 5.48. The Bertz CT molecular complexity index is 494. The van der Waals surface area contributed by atoms with E-state index in [0.717, 1.165) is 12.1 Å². The Morgan fingerprint density at radius 2 is 2.24 bits per heavy atom. The van der Waals surface area contributed by atoms with E-state index >= 15 is 0 Å². The topological polar surface area (TPSA) is 47.6 Å². The summed E-state index contributed by atoms with van der Waals surface area (Å²) in [6.07, 6.45) is 2.09. The number of para-hydroxylation sites is 1. The Labute approximate surface area is 130 Å². The Balaban J connectivity index is 2.27. The van der Waals surface area contributed by atoms with Crippen molar-refractivity contribution >= 4 is 23.3 Å². The van der Waals surface area contributed by atoms with E-state index in [4.69, 9.17) is 21.1 Å². The highest BCUT2D eigenvalue weighted by atomic mass is 35.5. The van der Waals surface area contributed by atoms with Crippen LogP contribution in [0.25, 0.3) is 0 Å². The molecule has 0 saturated carbocycles. The number of esters is 1. The Hall–Kier alpha value is -1.26. The Morgan fingerprint density at radius 3 is 2.90 bits per heavy atom. The first-order chi connectivity index (χ1) is 10.1. The predicted molar refractivity (Wildman–Crippen MR) is 83.7 cm³/mol. The lowest BCUT2D eigenvalue weighted by atomic mass is 9.85. The van der Waals surface area contributed by atoms with Gasteiger partial charge in [0, 0.05) is 19.4 Å². The molecule has 5 heteroatoms. The summed E-state index contributed by atoms with van der Waals surface area (Å²) in [7, 11) is 0. The molecule has 1 saturated heterocycles. The zero-order chi connectivity index (χ0) is 15.3. The van der Waals surface area contributed by atoms with E-state index in [1.54, 1.807) is 6.07 Å². The molecule has 0 radical (unpaired) electrons. The van der Waals surface area contributed by atoms with Gasteiger partial charge in [0.2, 0.25) is 0 Å². The molecule has 0 aliphatic carbocycles. The maximum absolute atomic E-state index is 12.5. The molecule has 2 atom stereocenters. The van der Waals surface area contributed by atoms with E-state index in [1.165, 1.54) is 0 Å². The van der Waals surface area contributed by atoms with Crippen LogP contribution >= 0.6 is 11.6 Å². The summed E-state index contributed by atoms with van der Waals surface area (Å²) in [5.41, 5.74) is -0.0103. The molecule has 4 nitrogen and oxygen atoms in total. The van der Waals surface area contributed by atoms with E-state index in [1.807, 2.05) is 25.1 Å². The first kappa shape index (κ1) is 16.1. The number of rotatable bonds is 5. The van der Waals surface area contributed by atoms with Gasteiger partial charge in [-0.3, -0.25) is 0 Å². The van der Waals surface area contributed by atoms with Crippen LogP contribution in [0.1, 0.15) is 33.1 Å². The second-order valence-electron chi connectivity index (χ2n) is 5.26. The first-order valence-corrected chi connectivity index (χ1v) is 7.80. The standard InChI is InChI=1S/C16H22ClNO3/c1-3-12-11-16(9-10-21-12,15(19)20-4-2)18-14-8-6-5-7-13(14)17/h5-8,12,18H,3-4,9-11H2,1-2H3. The third-order valence-corrected chi connectivity index (χ3v) is 4.16. The molecule has 0 aromatic heterocycles. The zero-order valence-electron chi connectivity index (χ0n) is 12.5. The quantitative estimate of drug-likeness (QED) is 0.843. The van der Waals surface area contributed by atoms with Gasteiger partial charge in [0.15, 0.2) is 0 Å². The van der Waals surface area contributed by atoms with Crippen molar-refractivity contribution < 1.29 is 14.3 Å². The normalized spacial score (nSPS) is 25.4. The SMILES string of the molecule is CCOC(=O)C1(Nc2ccccc2Cl)CCOC(CC)C1. The molecule has 0 amide bonds. The third kappa shape index (κ3) is 3.69. The van der Waals surface area contributed by atoms with Gasteiger partial charge >= 0.3 is 5.97 Å². The molecule has 0 bridgehead atoms. The largest absolute Gasteiger partial charge is 0.464 e. The molecule has 2 rings (SSSR count). The number of halogens is 1. The van der Waals surface area contributed by atoms with Gasteiger partial charge in [0.25, 0.3) is 0 Å². The summed E-state index contributed by atoms with van der Waals surface area (Å²) < 4.78 is 11.0. The number of hydrogen-bond acceptors (Lipinski definition) is 4. The van der Waals surface area contributed by atoms with Crippen LogP contribution in [-0.2, 0) is 14.3 Å². The van der Waals surface area contributed by atoms with Gasteiger partial charge in [0.05, 0.1) is 23.4 Å². The molecule has 1 aromatic carbocycles. The first-order valence-electron chi connectivity index (χ1n) is 7.43. The molecule has 1 N–H and O–H groups in total. The van der Waals surface area contributed by atoms with Crippen molar-refractivity contribution in [2.45, 2.75) is 44.8 Å². The van der Waals surface area contributed by atoms with Crippen LogP contribution < -0.4 is 5.32 Å². The lowest BCUT2D eigenvalue weighted by molar-refractivity contribution is -0.154. The summed E-state index contributed by atoms with van der Waals surface area (Å²) in [5.74, 6) is -0.230. The summed E-state index contributed by atoms with van der Waals surface area (Å²) in [4.78, 5) is 12.5. The van der Waals surface area contributed by atoms with E-state index in [-0.39, 0.29) is 12.1 Å². The number of nitrogens with one attached hydrogen (secondary N) is 1. The molecule has 21 heavy (non-hydrogen) atoms. The Morgan fingerprint density at radius 1 is 1.48 bits per heavy atom. The monoisotopic (exact) mass is 311 g/mol. The van der Waals surface area contributed by atoms with E-state index in [0.29, 0.717) is 31.1 Å². The average Bonchev–Trinajstić information content (AvgIpc) is 2.50. The van der Waals surface area contributed by atoms with Crippen LogP contribution in [0.2, 0.25) is 5.02 Å². The van der Waals surface area contributed by atoms with Crippen LogP contribution in [0.5, 0.6) is 0 Å². The van der Waals surface area contributed by atoms with Crippen molar-refractivity contribution in [3.8, 4) is 0 Å². The van der Waals surface area contributed by atoms with Crippen molar-refractivity contribution in [2.75, 3.05) is 18.5 Å². The lowest BCUT2D eigenvalue weighted by Gasteiger charge is -2.40. The van der Waals surface area contributed by atoms with Crippen molar-refractivity contribution in [1.29, 1.82) is 0 Å². The molecule has 1 fully saturated rings. The number of anilines is 1. The number of ether oxygens (including phenoxy) is 2. The van der Waals surface area contributed by atoms with Gasteiger partial charge in [-0.2, -0.15) is 0 Å². The van der Waals surface area contributed by atoms with Crippen LogP contribution in [-0.4, -0.2) is 30.8 Å². The van der Waals surface area contributed by atoms with Gasteiger partial charge in [0.1, 0.15) is 5.54 Å². The molecule has 116 valence electrons. The number of hydrogen-bond donors (Lipinski definition) is 1. The van der Waals surface area contributed by atoms with Crippen molar-refractivity contribution in [3.05, 3.63) is 29.3 Å². The van der Waals surface area contributed by atoms with E-state index in [9.17, 15) is 4.79 Å². The van der Waals surface area contributed by atoms with E-state index in [2.05, 4.69) is 12.2 Å². The lowest BCUT2D eigenvalue weighted by Crippen LogP contribution is -2.53. The minimum Gasteiger partial charge on any atom is -0.464 e. The third-order valence-electron chi connectivity index (χ3n) is 3.83. The molecule has 1 aliphatic rings. The molecule has 0 spiro atoms. The van der Waals surface area contributed by atoms with Crippen LogP contribution in [0.3, 0.4) is 0 Å². The smallest absolute Gasteiger partial charge is 0.331 e. The molecular formula is C16H22ClNO3. The minimum atomic E-state index is -0.764. The fourth-order valence-corrected chi connectivity index (χ4v) is 2.83. The van der Waals surface area contributed by atoms with Crippen molar-refractivity contribution in [1.82, 2.24) is 0 Å². The zero-order valence-corrected chi connectivity index (χ0v) is 13.3. The minimum absolute atomic E-state index is 0.0538. The van der Waals surface area contributed by atoms with Gasteiger partial charge in [-0.1, -0.05) is 30.7 Å². The van der Waals surface area contributed by atoms with Crippen LogP contribution in [0.4, 0.5) is 5.69 Å². The molecule has 1 heterocycles. The van der Waals surface area contributed by atoms with Gasteiger partial charge in [-0.15, -0.1) is 0 Å². The van der Waals surface area contributed by atoms with E-state index < -0.39 is 5.54 Å². The fraction of sp³-hybridized carbons (Fsp3) is 0.562. The number of benzene rings is 1. The highest BCUT2D eigenvalue weighted by Gasteiger charge is 2.44. The maximum atomic E-state index is 12.5. The second kappa shape index (κ2) is 7.14. The highest BCUT2D eigenvalue weighted by molar-refractivity contribution is 6.33. The van der Waals surface area contributed by atoms with Crippen molar-refractivity contribution in [2.24, 2.45) is 0 Å². The molecule has 1 aliphatic heterocycles. The summed E-state index contributed by atoms with van der Waals surface area (Å²) >= 11 is 6.21. The summed E-state index contributed by atoms with van der Waals surface area (Å²) in [6, 6.07) is 7.44. The summed E-state index contributed by atoms with van der Waals surface area (Å²) in [5, 5.41) is 3.92. The summed E-state index contributed by atoms with van der Waals surface area (Å²) in [6.45, 7) is 4.77. The fourth-order valence-electron chi connectivity index (χ4n) is 2.65. The number of carbonyl (C=O) groups excluding carboxylic acids is 1. The highest BCUT2D eigenvalue weighted by Crippen LogP contribution is 2.34. The van der Waals surface area contributed by atoms with Crippen LogP contribution in [0, 0.1) is 0 Å².